The van der Waals surface area contributed by atoms with Gasteiger partial charge in [0.15, 0.2) is 0 Å². The zero-order valence-corrected chi connectivity index (χ0v) is 11.0. The van der Waals surface area contributed by atoms with E-state index in [1.54, 1.807) is 17.2 Å². The number of amides is 1. The van der Waals surface area contributed by atoms with Crippen molar-refractivity contribution in [3.8, 4) is 0 Å². The van der Waals surface area contributed by atoms with Crippen LogP contribution in [0.1, 0.15) is 35.3 Å². The molecule has 1 aromatic heterocycles. The highest BCUT2D eigenvalue weighted by Gasteiger charge is 2.27. The Hall–Kier alpha value is -1.91. The predicted molar refractivity (Wildman–Crippen MR) is 69.9 cm³/mol. The summed E-state index contributed by atoms with van der Waals surface area (Å²) >= 11 is 0. The summed E-state index contributed by atoms with van der Waals surface area (Å²) in [6.07, 6.45) is 3.31. The van der Waals surface area contributed by atoms with Gasteiger partial charge in [0.2, 0.25) is 0 Å². The van der Waals surface area contributed by atoms with E-state index in [9.17, 15) is 9.59 Å². The average molecular weight is 262 g/mol. The van der Waals surface area contributed by atoms with E-state index in [4.69, 9.17) is 5.11 Å². The van der Waals surface area contributed by atoms with Gasteiger partial charge in [0.1, 0.15) is 0 Å². The van der Waals surface area contributed by atoms with Crippen molar-refractivity contribution in [2.24, 2.45) is 5.92 Å². The number of aryl methyl sites for hydroxylation is 1. The van der Waals surface area contributed by atoms with E-state index in [-0.39, 0.29) is 12.3 Å². The molecule has 0 spiro atoms. The molecule has 0 bridgehead atoms. The van der Waals surface area contributed by atoms with Gasteiger partial charge in [0.25, 0.3) is 5.91 Å². The van der Waals surface area contributed by atoms with Crippen molar-refractivity contribution in [3.63, 3.8) is 0 Å². The van der Waals surface area contributed by atoms with Gasteiger partial charge in [-0.05, 0) is 37.8 Å². The molecule has 1 aliphatic rings. The van der Waals surface area contributed by atoms with Crippen LogP contribution >= 0.6 is 0 Å². The maximum Gasteiger partial charge on any atom is 0.303 e. The molecule has 19 heavy (non-hydrogen) atoms. The van der Waals surface area contributed by atoms with Crippen LogP contribution in [0.15, 0.2) is 18.3 Å². The normalized spacial score (nSPS) is 18.6. The van der Waals surface area contributed by atoms with Crippen LogP contribution in [0.2, 0.25) is 0 Å². The van der Waals surface area contributed by atoms with Gasteiger partial charge in [0, 0.05) is 31.4 Å². The fraction of sp³-hybridized carbons (Fsp3) is 0.500. The molecule has 1 fully saturated rings. The molecule has 2 rings (SSSR count). The summed E-state index contributed by atoms with van der Waals surface area (Å²) in [7, 11) is 0. The molecule has 5 heteroatoms. The average Bonchev–Trinajstić information content (AvgIpc) is 2.85. The van der Waals surface area contributed by atoms with Crippen LogP contribution in [0.3, 0.4) is 0 Å². The Morgan fingerprint density at radius 1 is 1.47 bits per heavy atom. The summed E-state index contributed by atoms with van der Waals surface area (Å²) < 4.78 is 0. The Bertz CT molecular complexity index is 470. The highest BCUT2D eigenvalue weighted by molar-refractivity contribution is 5.94. The van der Waals surface area contributed by atoms with Gasteiger partial charge >= 0.3 is 5.97 Å². The molecular weight excluding hydrogens is 244 g/mol. The van der Waals surface area contributed by atoms with Gasteiger partial charge in [0.05, 0.1) is 5.56 Å². The Kier molecular flexibility index (Phi) is 4.14. The minimum atomic E-state index is -0.771. The van der Waals surface area contributed by atoms with E-state index in [1.165, 1.54) is 0 Å². The quantitative estimate of drug-likeness (QED) is 0.896. The Balaban J connectivity index is 1.91. The van der Waals surface area contributed by atoms with Crippen LogP contribution in [0, 0.1) is 12.8 Å². The first-order valence-electron chi connectivity index (χ1n) is 6.50. The molecule has 1 amide bonds. The van der Waals surface area contributed by atoms with E-state index in [0.29, 0.717) is 31.0 Å². The maximum atomic E-state index is 12.2. The van der Waals surface area contributed by atoms with Crippen molar-refractivity contribution in [1.29, 1.82) is 0 Å². The smallest absolute Gasteiger partial charge is 0.303 e. The number of hydrogen-bond acceptors (Lipinski definition) is 3. The number of rotatable bonds is 4. The number of carbonyl (C=O) groups is 2. The van der Waals surface area contributed by atoms with Gasteiger partial charge in [-0.1, -0.05) is 0 Å². The predicted octanol–water partition coefficient (Wildman–Crippen LogP) is 1.72. The summed E-state index contributed by atoms with van der Waals surface area (Å²) in [5.74, 6) is -0.476. The van der Waals surface area contributed by atoms with E-state index in [2.05, 4.69) is 4.98 Å². The second-order valence-corrected chi connectivity index (χ2v) is 5.03. The molecule has 1 unspecified atom stereocenters. The summed E-state index contributed by atoms with van der Waals surface area (Å²) in [6.45, 7) is 3.24. The van der Waals surface area contributed by atoms with Gasteiger partial charge < -0.3 is 10.0 Å². The summed E-state index contributed by atoms with van der Waals surface area (Å²) in [6, 6.07) is 3.61. The van der Waals surface area contributed by atoms with Gasteiger partial charge in [-0.2, -0.15) is 0 Å². The Labute approximate surface area is 112 Å². The lowest BCUT2D eigenvalue weighted by atomic mass is 10.0. The second-order valence-electron chi connectivity index (χ2n) is 5.03. The SMILES string of the molecule is Cc1ccc(C(=O)N2CCC(CCC(=O)O)C2)cn1. The molecule has 0 aromatic carbocycles. The molecule has 0 aliphatic carbocycles. The third kappa shape index (κ3) is 3.53. The van der Waals surface area contributed by atoms with Crippen LogP contribution < -0.4 is 0 Å². The summed E-state index contributed by atoms with van der Waals surface area (Å²) in [4.78, 5) is 28.7. The van der Waals surface area contributed by atoms with Crippen molar-refractivity contribution in [1.82, 2.24) is 9.88 Å². The molecule has 1 atom stereocenters. The number of carboxylic acids is 1. The fourth-order valence-corrected chi connectivity index (χ4v) is 2.36. The zero-order chi connectivity index (χ0) is 13.8. The molecule has 0 saturated carbocycles. The van der Waals surface area contributed by atoms with E-state index >= 15 is 0 Å². The number of nitrogens with zero attached hydrogens (tertiary/aromatic N) is 2. The van der Waals surface area contributed by atoms with Crippen LogP contribution in [0.25, 0.3) is 0 Å². The highest BCUT2D eigenvalue weighted by Crippen LogP contribution is 2.22. The first kappa shape index (κ1) is 13.5. The topological polar surface area (TPSA) is 70.5 Å². The molecule has 2 heterocycles. The first-order valence-corrected chi connectivity index (χ1v) is 6.50. The van der Waals surface area contributed by atoms with E-state index in [1.807, 2.05) is 13.0 Å². The van der Waals surface area contributed by atoms with Crippen LogP contribution in [-0.2, 0) is 4.79 Å². The number of hydrogen-bond donors (Lipinski definition) is 1. The number of carbonyl (C=O) groups excluding carboxylic acids is 1. The van der Waals surface area contributed by atoms with Crippen molar-refractivity contribution in [3.05, 3.63) is 29.6 Å². The summed E-state index contributed by atoms with van der Waals surface area (Å²) in [5, 5.41) is 8.66. The number of carboxylic acid groups (broad SMARTS) is 1. The number of aliphatic carboxylic acids is 1. The number of pyridine rings is 1. The van der Waals surface area contributed by atoms with Crippen LogP contribution in [-0.4, -0.2) is 40.0 Å². The minimum Gasteiger partial charge on any atom is -0.481 e. The maximum absolute atomic E-state index is 12.2. The monoisotopic (exact) mass is 262 g/mol. The van der Waals surface area contributed by atoms with E-state index < -0.39 is 5.97 Å². The first-order chi connectivity index (χ1) is 9.06. The molecule has 1 saturated heterocycles. The molecule has 1 aromatic rings. The molecule has 5 nitrogen and oxygen atoms in total. The highest BCUT2D eigenvalue weighted by atomic mass is 16.4. The lowest BCUT2D eigenvalue weighted by Crippen LogP contribution is -2.28. The molecule has 0 radical (unpaired) electrons. The number of aromatic nitrogens is 1. The summed E-state index contributed by atoms with van der Waals surface area (Å²) in [5.41, 5.74) is 1.49. The molecule has 1 aliphatic heterocycles. The van der Waals surface area contributed by atoms with Gasteiger partial charge in [-0.15, -0.1) is 0 Å². The van der Waals surface area contributed by atoms with Gasteiger partial charge in [-0.3, -0.25) is 14.6 Å². The van der Waals surface area contributed by atoms with Crippen molar-refractivity contribution < 1.29 is 14.7 Å². The lowest BCUT2D eigenvalue weighted by Gasteiger charge is -2.16. The lowest BCUT2D eigenvalue weighted by molar-refractivity contribution is -0.137. The van der Waals surface area contributed by atoms with Crippen LogP contribution in [0.5, 0.6) is 0 Å². The third-order valence-corrected chi connectivity index (χ3v) is 3.50. The largest absolute Gasteiger partial charge is 0.481 e. The Morgan fingerprint density at radius 3 is 2.89 bits per heavy atom. The van der Waals surface area contributed by atoms with Crippen molar-refractivity contribution >= 4 is 11.9 Å². The minimum absolute atomic E-state index is 0.00896. The van der Waals surface area contributed by atoms with Gasteiger partial charge in [-0.25, -0.2) is 0 Å². The molecule has 1 N–H and O–H groups in total. The fourth-order valence-electron chi connectivity index (χ4n) is 2.36. The van der Waals surface area contributed by atoms with Crippen molar-refractivity contribution in [2.45, 2.75) is 26.2 Å². The Morgan fingerprint density at radius 2 is 2.26 bits per heavy atom. The number of likely N-dealkylation sites (tertiary alicyclic amines) is 1. The van der Waals surface area contributed by atoms with Crippen molar-refractivity contribution in [2.75, 3.05) is 13.1 Å². The zero-order valence-electron chi connectivity index (χ0n) is 11.0. The van der Waals surface area contributed by atoms with E-state index in [0.717, 1.165) is 12.1 Å². The molecular formula is C14H18N2O3. The molecule has 102 valence electrons. The second kappa shape index (κ2) is 5.82. The standard InChI is InChI=1S/C14H18N2O3/c1-10-2-4-12(8-15-10)14(19)16-7-6-11(9-16)3-5-13(17)18/h2,4,8,11H,3,5-7,9H2,1H3,(H,17,18). The third-order valence-electron chi connectivity index (χ3n) is 3.50. The van der Waals surface area contributed by atoms with Crippen LogP contribution in [0.4, 0.5) is 0 Å².